The van der Waals surface area contributed by atoms with E-state index in [1.165, 1.54) is 25.4 Å². The van der Waals surface area contributed by atoms with Gasteiger partial charge in [0.2, 0.25) is 5.82 Å². The van der Waals surface area contributed by atoms with Crippen LogP contribution in [0.25, 0.3) is 16.8 Å². The van der Waals surface area contributed by atoms with Crippen LogP contribution in [0.3, 0.4) is 0 Å². The van der Waals surface area contributed by atoms with E-state index in [1.807, 2.05) is 0 Å². The summed E-state index contributed by atoms with van der Waals surface area (Å²) in [6.45, 7) is 2.15. The first kappa shape index (κ1) is 25.7. The van der Waals surface area contributed by atoms with Crippen LogP contribution in [0.2, 0.25) is 0 Å². The topological polar surface area (TPSA) is 106 Å². The van der Waals surface area contributed by atoms with E-state index >= 15 is 0 Å². The smallest absolute Gasteiger partial charge is 0.356 e. The number of rotatable bonds is 6. The monoisotopic (exact) mass is 528 g/mol. The summed E-state index contributed by atoms with van der Waals surface area (Å²) in [5.74, 6) is 4.14. The fraction of sp³-hybridized carbons (Fsp3) is 0.241. The number of hydrogen-bond acceptors (Lipinski definition) is 6. The molecule has 1 atom stereocenters. The number of carbonyl (C=O) groups is 2. The summed E-state index contributed by atoms with van der Waals surface area (Å²) in [6.07, 6.45) is 5.47. The number of carboxylic acid groups (broad SMARTS) is 1. The molecule has 198 valence electrons. The predicted octanol–water partition coefficient (Wildman–Crippen LogP) is 5.11. The number of fused-ring (bicyclic) bond motifs is 1. The highest BCUT2D eigenvalue weighted by Crippen LogP contribution is 2.36. The highest BCUT2D eigenvalue weighted by atomic mass is 19.1. The SMILES string of the molecule is CC#CC(=O)N1CCCC[C@H]1c1nc(-c2ccc(Oc3cccc(OC)c3F)cc2)c2c(C(=O)O)nccn12. The number of likely N-dealkylation sites (tertiary alicyclic amines) is 1. The molecule has 3 heterocycles. The lowest BCUT2D eigenvalue weighted by Gasteiger charge is -2.33. The van der Waals surface area contributed by atoms with Crippen LogP contribution in [0.4, 0.5) is 4.39 Å². The van der Waals surface area contributed by atoms with Crippen molar-refractivity contribution in [2.45, 2.75) is 32.2 Å². The lowest BCUT2D eigenvalue weighted by molar-refractivity contribution is -0.129. The number of methoxy groups -OCH3 is 1. The van der Waals surface area contributed by atoms with Crippen LogP contribution in [-0.4, -0.2) is 49.9 Å². The molecular formula is C29H25FN4O5. The van der Waals surface area contributed by atoms with E-state index in [0.29, 0.717) is 41.3 Å². The van der Waals surface area contributed by atoms with Crippen molar-refractivity contribution >= 4 is 17.4 Å². The molecule has 4 aromatic rings. The summed E-state index contributed by atoms with van der Waals surface area (Å²) in [7, 11) is 1.38. The molecule has 1 aliphatic heterocycles. The molecular weight excluding hydrogens is 503 g/mol. The number of hydrogen-bond donors (Lipinski definition) is 1. The van der Waals surface area contributed by atoms with Crippen LogP contribution >= 0.6 is 0 Å². The van der Waals surface area contributed by atoms with Gasteiger partial charge in [0.05, 0.1) is 18.8 Å². The standard InChI is InChI=1S/C29H25FN4O5/c1-3-7-23(35)33-16-5-4-8-20(33)28-32-25(27-26(29(36)37)31-15-17-34(27)28)18-11-13-19(14-12-18)39-22-10-6-9-21(38-2)24(22)30/h6,9-15,17,20H,4-5,8,16H2,1-2H3,(H,36,37)/t20-/m0/s1. The second kappa shape index (κ2) is 10.8. The van der Waals surface area contributed by atoms with Crippen molar-refractivity contribution in [3.63, 3.8) is 0 Å². The van der Waals surface area contributed by atoms with E-state index in [-0.39, 0.29) is 29.1 Å². The number of halogens is 1. The first-order valence-electron chi connectivity index (χ1n) is 12.4. The third-order valence-electron chi connectivity index (χ3n) is 6.58. The van der Waals surface area contributed by atoms with Gasteiger partial charge in [0.1, 0.15) is 17.1 Å². The van der Waals surface area contributed by atoms with Gasteiger partial charge in [-0.3, -0.25) is 9.20 Å². The van der Waals surface area contributed by atoms with Gasteiger partial charge in [-0.2, -0.15) is 4.39 Å². The van der Waals surface area contributed by atoms with Crippen molar-refractivity contribution in [2.75, 3.05) is 13.7 Å². The zero-order valence-electron chi connectivity index (χ0n) is 21.3. The minimum atomic E-state index is -1.20. The van der Waals surface area contributed by atoms with Gasteiger partial charge in [-0.25, -0.2) is 14.8 Å². The van der Waals surface area contributed by atoms with E-state index in [2.05, 4.69) is 16.8 Å². The van der Waals surface area contributed by atoms with Crippen LogP contribution in [0.15, 0.2) is 54.9 Å². The Hall–Kier alpha value is -4.91. The second-order valence-electron chi connectivity index (χ2n) is 8.90. The molecule has 1 aliphatic rings. The number of nitrogens with zero attached hydrogens (tertiary/aromatic N) is 4. The molecule has 0 unspecified atom stereocenters. The fourth-order valence-electron chi connectivity index (χ4n) is 4.81. The molecule has 2 aromatic heterocycles. The molecule has 10 heteroatoms. The second-order valence-corrected chi connectivity index (χ2v) is 8.90. The van der Waals surface area contributed by atoms with Gasteiger partial charge >= 0.3 is 5.97 Å². The average Bonchev–Trinajstić information content (AvgIpc) is 3.34. The van der Waals surface area contributed by atoms with Crippen LogP contribution in [0, 0.1) is 17.7 Å². The number of ether oxygens (including phenoxy) is 2. The molecule has 0 bridgehead atoms. The predicted molar refractivity (Wildman–Crippen MR) is 140 cm³/mol. The van der Waals surface area contributed by atoms with Gasteiger partial charge in [0.15, 0.2) is 17.2 Å². The Morgan fingerprint density at radius 3 is 2.62 bits per heavy atom. The van der Waals surface area contributed by atoms with Gasteiger partial charge < -0.3 is 19.5 Å². The largest absolute Gasteiger partial charge is 0.494 e. The van der Waals surface area contributed by atoms with E-state index in [4.69, 9.17) is 14.5 Å². The van der Waals surface area contributed by atoms with Gasteiger partial charge in [-0.05, 0) is 68.5 Å². The molecule has 1 fully saturated rings. The molecule has 39 heavy (non-hydrogen) atoms. The van der Waals surface area contributed by atoms with Crippen molar-refractivity contribution in [3.8, 4) is 40.3 Å². The Balaban J connectivity index is 1.58. The molecule has 9 nitrogen and oxygen atoms in total. The van der Waals surface area contributed by atoms with Gasteiger partial charge in [0.25, 0.3) is 5.91 Å². The van der Waals surface area contributed by atoms with Crippen molar-refractivity contribution in [1.29, 1.82) is 0 Å². The maximum Gasteiger partial charge on any atom is 0.356 e. The molecule has 0 radical (unpaired) electrons. The summed E-state index contributed by atoms with van der Waals surface area (Å²) < 4.78 is 27.0. The first-order chi connectivity index (χ1) is 18.9. The number of aromatic carboxylic acids is 1. The molecule has 1 saturated heterocycles. The molecule has 0 saturated carbocycles. The molecule has 1 amide bonds. The quantitative estimate of drug-likeness (QED) is 0.347. The zero-order chi connectivity index (χ0) is 27.5. The van der Waals surface area contributed by atoms with E-state index in [1.54, 1.807) is 52.8 Å². The van der Waals surface area contributed by atoms with Crippen molar-refractivity contribution in [1.82, 2.24) is 19.3 Å². The van der Waals surface area contributed by atoms with Crippen LogP contribution in [0.5, 0.6) is 17.2 Å². The highest BCUT2D eigenvalue weighted by molar-refractivity contribution is 5.98. The summed E-state index contributed by atoms with van der Waals surface area (Å²) in [6, 6.07) is 10.9. The van der Waals surface area contributed by atoms with Crippen LogP contribution in [0.1, 0.15) is 48.5 Å². The number of amides is 1. The molecule has 0 spiro atoms. The third kappa shape index (κ3) is 4.86. The normalized spacial score (nSPS) is 14.9. The summed E-state index contributed by atoms with van der Waals surface area (Å²) in [5.41, 5.74) is 1.16. The lowest BCUT2D eigenvalue weighted by Crippen LogP contribution is -2.38. The maximum absolute atomic E-state index is 14.6. The summed E-state index contributed by atoms with van der Waals surface area (Å²) >= 11 is 0. The Bertz CT molecular complexity index is 1620. The van der Waals surface area contributed by atoms with Crippen LogP contribution < -0.4 is 9.47 Å². The number of imidazole rings is 1. The fourth-order valence-corrected chi connectivity index (χ4v) is 4.81. The minimum absolute atomic E-state index is 0.00595. The average molecular weight is 529 g/mol. The maximum atomic E-state index is 14.6. The first-order valence-corrected chi connectivity index (χ1v) is 12.4. The summed E-state index contributed by atoms with van der Waals surface area (Å²) in [5, 5.41) is 9.91. The van der Waals surface area contributed by atoms with E-state index in [9.17, 15) is 19.1 Å². The molecule has 2 aromatic carbocycles. The molecule has 0 aliphatic carbocycles. The number of piperidine rings is 1. The number of carbonyl (C=O) groups excluding carboxylic acids is 1. The van der Waals surface area contributed by atoms with Gasteiger partial charge in [-0.1, -0.05) is 12.0 Å². The Kier molecular flexibility index (Phi) is 7.14. The lowest BCUT2D eigenvalue weighted by atomic mass is 10.0. The summed E-state index contributed by atoms with van der Waals surface area (Å²) in [4.78, 5) is 35.6. The van der Waals surface area contributed by atoms with Crippen molar-refractivity contribution in [2.24, 2.45) is 0 Å². The van der Waals surface area contributed by atoms with Crippen LogP contribution in [-0.2, 0) is 4.79 Å². The third-order valence-corrected chi connectivity index (χ3v) is 6.58. The van der Waals surface area contributed by atoms with Gasteiger partial charge in [-0.15, -0.1) is 0 Å². The minimum Gasteiger partial charge on any atom is -0.494 e. The van der Waals surface area contributed by atoms with Gasteiger partial charge in [0, 0.05) is 24.5 Å². The Morgan fingerprint density at radius 1 is 1.13 bits per heavy atom. The number of carboxylic acids is 1. The number of benzene rings is 2. The number of aromatic nitrogens is 3. The van der Waals surface area contributed by atoms with Crippen molar-refractivity contribution < 1.29 is 28.6 Å². The molecule has 1 N–H and O–H groups in total. The molecule has 5 rings (SSSR count). The van der Waals surface area contributed by atoms with Crippen molar-refractivity contribution in [3.05, 3.63) is 72.2 Å². The Morgan fingerprint density at radius 2 is 1.90 bits per heavy atom. The Labute approximate surface area is 223 Å². The van der Waals surface area contributed by atoms with E-state index in [0.717, 1.165) is 12.8 Å². The zero-order valence-corrected chi connectivity index (χ0v) is 21.3. The highest BCUT2D eigenvalue weighted by Gasteiger charge is 2.32. The van der Waals surface area contributed by atoms with E-state index < -0.39 is 11.8 Å².